The van der Waals surface area contributed by atoms with Gasteiger partial charge >= 0.3 is 0 Å². The summed E-state index contributed by atoms with van der Waals surface area (Å²) in [6, 6.07) is 0. The van der Waals surface area contributed by atoms with Crippen LogP contribution >= 0.6 is 0 Å². The second-order valence-electron chi connectivity index (χ2n) is 3.76. The molecule has 0 aliphatic rings. The van der Waals surface area contributed by atoms with E-state index in [2.05, 4.69) is 10.4 Å². The molecule has 0 aliphatic heterocycles. The first-order valence-electron chi connectivity index (χ1n) is 5.64. The van der Waals surface area contributed by atoms with Gasteiger partial charge in [-0.15, -0.1) is 0 Å². The second-order valence-corrected chi connectivity index (χ2v) is 3.76. The number of aryl methyl sites for hydroxylation is 2. The fourth-order valence-electron chi connectivity index (χ4n) is 1.73. The Morgan fingerprint density at radius 1 is 1.50 bits per heavy atom. The second kappa shape index (κ2) is 5.65. The van der Waals surface area contributed by atoms with E-state index in [9.17, 15) is 4.79 Å². The summed E-state index contributed by atoms with van der Waals surface area (Å²) >= 11 is 0. The Bertz CT molecular complexity index is 370. The lowest BCUT2D eigenvalue weighted by atomic mass is 10.2. The highest BCUT2D eigenvalue weighted by Gasteiger charge is 2.17. The highest BCUT2D eigenvalue weighted by atomic mass is 16.1. The summed E-state index contributed by atoms with van der Waals surface area (Å²) in [5.74, 6) is -0.0526. The molecule has 0 aliphatic carbocycles. The van der Waals surface area contributed by atoms with Crippen molar-refractivity contribution in [3.8, 4) is 0 Å². The van der Waals surface area contributed by atoms with E-state index >= 15 is 0 Å². The molecule has 0 radical (unpaired) electrons. The lowest BCUT2D eigenvalue weighted by Gasteiger charge is -2.04. The number of hydrogen-bond acceptors (Lipinski definition) is 3. The molecule has 5 nitrogen and oxygen atoms in total. The summed E-state index contributed by atoms with van der Waals surface area (Å²) in [6.45, 7) is 7.77. The molecule has 0 atom stereocenters. The summed E-state index contributed by atoms with van der Waals surface area (Å²) in [5, 5.41) is 7.16. The number of nitrogens with one attached hydrogen (secondary N) is 1. The number of hydrogen-bond donors (Lipinski definition) is 2. The largest absolute Gasteiger partial charge is 0.352 e. The third-order valence-electron chi connectivity index (χ3n) is 2.57. The van der Waals surface area contributed by atoms with Crippen LogP contribution in [0.4, 0.5) is 0 Å². The monoisotopic (exact) mass is 224 g/mol. The molecule has 0 aromatic carbocycles. The summed E-state index contributed by atoms with van der Waals surface area (Å²) in [4.78, 5) is 11.9. The van der Waals surface area contributed by atoms with Crippen molar-refractivity contribution in [1.82, 2.24) is 15.1 Å². The third kappa shape index (κ3) is 2.61. The molecule has 3 N–H and O–H groups in total. The topological polar surface area (TPSA) is 72.9 Å². The van der Waals surface area contributed by atoms with Gasteiger partial charge in [0.2, 0.25) is 0 Å². The Balaban J connectivity index is 2.78. The van der Waals surface area contributed by atoms with Crippen molar-refractivity contribution in [2.24, 2.45) is 5.73 Å². The highest BCUT2D eigenvalue weighted by Crippen LogP contribution is 2.12. The number of aromatic nitrogens is 2. The minimum atomic E-state index is -0.0526. The van der Waals surface area contributed by atoms with Crippen LogP contribution in [0.1, 0.15) is 35.1 Å². The standard InChI is InChI=1S/C11H20N4O/c1-4-15-9(3)10(8(2)14-15)11(16)13-7-5-6-12/h4-7,12H2,1-3H3,(H,13,16). The first-order chi connectivity index (χ1) is 7.61. The van der Waals surface area contributed by atoms with Gasteiger partial charge in [-0.2, -0.15) is 5.10 Å². The Kier molecular flexibility index (Phi) is 4.49. The molecule has 0 unspecified atom stereocenters. The zero-order valence-electron chi connectivity index (χ0n) is 10.2. The molecule has 0 saturated heterocycles. The molecule has 1 rings (SSSR count). The van der Waals surface area contributed by atoms with Crippen LogP contribution in [0.25, 0.3) is 0 Å². The van der Waals surface area contributed by atoms with Gasteiger partial charge in [-0.1, -0.05) is 0 Å². The molecule has 1 aromatic heterocycles. The van der Waals surface area contributed by atoms with Crippen molar-refractivity contribution in [2.45, 2.75) is 33.7 Å². The molecule has 0 fully saturated rings. The number of nitrogens with two attached hydrogens (primary N) is 1. The van der Waals surface area contributed by atoms with Crippen LogP contribution in [-0.2, 0) is 6.54 Å². The molecular weight excluding hydrogens is 204 g/mol. The zero-order valence-corrected chi connectivity index (χ0v) is 10.2. The third-order valence-corrected chi connectivity index (χ3v) is 2.57. The van der Waals surface area contributed by atoms with E-state index in [1.54, 1.807) is 0 Å². The van der Waals surface area contributed by atoms with Crippen LogP contribution in [0.3, 0.4) is 0 Å². The molecule has 1 heterocycles. The van der Waals surface area contributed by atoms with Gasteiger partial charge in [0.15, 0.2) is 0 Å². The van der Waals surface area contributed by atoms with E-state index in [-0.39, 0.29) is 5.91 Å². The smallest absolute Gasteiger partial charge is 0.255 e. The summed E-state index contributed by atoms with van der Waals surface area (Å²) in [5.41, 5.74) is 7.77. The van der Waals surface area contributed by atoms with Gasteiger partial charge in [-0.3, -0.25) is 9.48 Å². The molecule has 1 aromatic rings. The Labute approximate surface area is 96.0 Å². The Morgan fingerprint density at radius 3 is 2.69 bits per heavy atom. The fourth-order valence-corrected chi connectivity index (χ4v) is 1.73. The van der Waals surface area contributed by atoms with E-state index in [0.29, 0.717) is 18.7 Å². The van der Waals surface area contributed by atoms with Gasteiger partial charge in [0, 0.05) is 18.8 Å². The van der Waals surface area contributed by atoms with Gasteiger partial charge in [-0.05, 0) is 33.7 Å². The van der Waals surface area contributed by atoms with E-state index in [0.717, 1.165) is 24.4 Å². The van der Waals surface area contributed by atoms with Crippen molar-refractivity contribution in [3.63, 3.8) is 0 Å². The maximum absolute atomic E-state index is 11.9. The quantitative estimate of drug-likeness (QED) is 0.719. The lowest BCUT2D eigenvalue weighted by Crippen LogP contribution is -2.26. The van der Waals surface area contributed by atoms with Gasteiger partial charge in [0.1, 0.15) is 0 Å². The zero-order chi connectivity index (χ0) is 12.1. The fraction of sp³-hybridized carbons (Fsp3) is 0.636. The van der Waals surface area contributed by atoms with Crippen molar-refractivity contribution < 1.29 is 4.79 Å². The molecule has 1 amide bonds. The molecule has 90 valence electrons. The average Bonchev–Trinajstić information content (AvgIpc) is 2.54. The van der Waals surface area contributed by atoms with Crippen LogP contribution in [0, 0.1) is 13.8 Å². The van der Waals surface area contributed by atoms with Crippen LogP contribution < -0.4 is 11.1 Å². The lowest BCUT2D eigenvalue weighted by molar-refractivity contribution is 0.0952. The molecule has 16 heavy (non-hydrogen) atoms. The molecule has 0 spiro atoms. The van der Waals surface area contributed by atoms with E-state index < -0.39 is 0 Å². The number of nitrogens with zero attached hydrogens (tertiary/aromatic N) is 2. The van der Waals surface area contributed by atoms with Gasteiger partial charge < -0.3 is 11.1 Å². The number of carbonyl (C=O) groups is 1. The van der Waals surface area contributed by atoms with Crippen molar-refractivity contribution >= 4 is 5.91 Å². The minimum Gasteiger partial charge on any atom is -0.352 e. The highest BCUT2D eigenvalue weighted by molar-refractivity contribution is 5.96. The van der Waals surface area contributed by atoms with E-state index in [4.69, 9.17) is 5.73 Å². The number of carbonyl (C=O) groups excluding carboxylic acids is 1. The number of rotatable bonds is 5. The van der Waals surface area contributed by atoms with Crippen LogP contribution in [-0.4, -0.2) is 28.8 Å². The average molecular weight is 224 g/mol. The summed E-state index contributed by atoms with van der Waals surface area (Å²) in [6.07, 6.45) is 0.797. The predicted octanol–water partition coefficient (Wildman–Crippen LogP) is 0.598. The minimum absolute atomic E-state index is 0.0526. The predicted molar refractivity (Wildman–Crippen MR) is 63.4 cm³/mol. The SMILES string of the molecule is CCn1nc(C)c(C(=O)NCCCN)c1C. The first-order valence-corrected chi connectivity index (χ1v) is 5.64. The van der Waals surface area contributed by atoms with Crippen molar-refractivity contribution in [3.05, 3.63) is 17.0 Å². The number of amides is 1. The van der Waals surface area contributed by atoms with Crippen molar-refractivity contribution in [2.75, 3.05) is 13.1 Å². The van der Waals surface area contributed by atoms with Crippen LogP contribution in [0.15, 0.2) is 0 Å². The maximum Gasteiger partial charge on any atom is 0.255 e. The van der Waals surface area contributed by atoms with Gasteiger partial charge in [0.25, 0.3) is 5.91 Å². The molecule has 0 saturated carbocycles. The normalized spacial score (nSPS) is 10.5. The summed E-state index contributed by atoms with van der Waals surface area (Å²) in [7, 11) is 0. The molecule has 5 heteroatoms. The van der Waals surface area contributed by atoms with Gasteiger partial charge in [-0.25, -0.2) is 0 Å². The van der Waals surface area contributed by atoms with E-state index in [1.807, 2.05) is 25.5 Å². The first kappa shape index (κ1) is 12.7. The Hall–Kier alpha value is -1.36. The van der Waals surface area contributed by atoms with E-state index in [1.165, 1.54) is 0 Å². The van der Waals surface area contributed by atoms with Gasteiger partial charge in [0.05, 0.1) is 11.3 Å². The van der Waals surface area contributed by atoms with Crippen LogP contribution in [0.5, 0.6) is 0 Å². The Morgan fingerprint density at radius 2 is 2.19 bits per heavy atom. The molecule has 0 bridgehead atoms. The maximum atomic E-state index is 11.9. The van der Waals surface area contributed by atoms with Crippen molar-refractivity contribution in [1.29, 1.82) is 0 Å². The summed E-state index contributed by atoms with van der Waals surface area (Å²) < 4.78 is 1.84. The molecular formula is C11H20N4O. The van der Waals surface area contributed by atoms with Crippen LogP contribution in [0.2, 0.25) is 0 Å².